The highest BCUT2D eigenvalue weighted by molar-refractivity contribution is 7.46. The van der Waals surface area contributed by atoms with Crippen molar-refractivity contribution in [2.24, 2.45) is 0 Å². The Hall–Kier alpha value is -0.660. The highest BCUT2D eigenvalue weighted by atomic mass is 31.2. The fourth-order valence-corrected chi connectivity index (χ4v) is 1.32. The molecule has 0 spiro atoms. The van der Waals surface area contributed by atoms with Crippen molar-refractivity contribution in [3.63, 3.8) is 0 Å². The summed E-state index contributed by atoms with van der Waals surface area (Å²) in [7, 11) is -4.45. The van der Waals surface area contributed by atoms with E-state index in [9.17, 15) is 9.36 Å². The molecule has 0 aliphatic carbocycles. The summed E-state index contributed by atoms with van der Waals surface area (Å²) in [5, 5.41) is 2.58. The van der Waals surface area contributed by atoms with E-state index < -0.39 is 19.5 Å². The Kier molecular flexibility index (Phi) is 9.23. The maximum Gasteiger partial charge on any atom is 0.469 e. The lowest BCUT2D eigenvalue weighted by Gasteiger charge is -2.25. The van der Waals surface area contributed by atoms with Gasteiger partial charge in [-0.3, -0.25) is 4.52 Å². The molecule has 0 radical (unpaired) electrons. The minimum absolute atomic E-state index is 0. The first-order chi connectivity index (χ1) is 7.66. The lowest BCUT2D eigenvalue weighted by atomic mass is 10.0. The second-order valence-electron chi connectivity index (χ2n) is 4.22. The standard InChI is InChI=1S/C9H20NO6P.H3N/c1-4-6-15-8(11)10-9(2,3)5-7-16-17(12,13)14;/h4-7H2,1-3H3,(H,10,11)(H2,12,13,14);1H3. The second kappa shape index (κ2) is 8.44. The van der Waals surface area contributed by atoms with Gasteiger partial charge in [0.2, 0.25) is 0 Å². The first-order valence-corrected chi connectivity index (χ1v) is 6.84. The van der Waals surface area contributed by atoms with E-state index in [1.54, 1.807) is 13.8 Å². The largest absolute Gasteiger partial charge is 0.469 e. The number of rotatable bonds is 7. The van der Waals surface area contributed by atoms with Gasteiger partial charge in [0, 0.05) is 5.54 Å². The van der Waals surface area contributed by atoms with Crippen molar-refractivity contribution in [2.45, 2.75) is 39.2 Å². The zero-order valence-corrected chi connectivity index (χ0v) is 11.9. The van der Waals surface area contributed by atoms with Crippen LogP contribution in [0.4, 0.5) is 4.79 Å². The van der Waals surface area contributed by atoms with Gasteiger partial charge >= 0.3 is 13.9 Å². The molecule has 0 heterocycles. The Labute approximate surface area is 107 Å². The first-order valence-electron chi connectivity index (χ1n) is 5.31. The predicted molar refractivity (Wildman–Crippen MR) is 66.5 cm³/mol. The monoisotopic (exact) mass is 286 g/mol. The average molecular weight is 286 g/mol. The molecule has 0 fully saturated rings. The molecular weight excluding hydrogens is 263 g/mol. The van der Waals surface area contributed by atoms with Crippen LogP contribution in [0, 0.1) is 0 Å². The lowest BCUT2D eigenvalue weighted by Crippen LogP contribution is -2.44. The summed E-state index contributed by atoms with van der Waals surface area (Å²) >= 11 is 0. The first kappa shape index (κ1) is 19.7. The molecule has 8 nitrogen and oxygen atoms in total. The van der Waals surface area contributed by atoms with Crippen molar-refractivity contribution in [3.8, 4) is 0 Å². The van der Waals surface area contributed by atoms with Crippen molar-refractivity contribution in [3.05, 3.63) is 0 Å². The molecule has 0 aromatic carbocycles. The topological polar surface area (TPSA) is 140 Å². The summed E-state index contributed by atoms with van der Waals surface area (Å²) < 4.78 is 19.6. The molecule has 9 heteroatoms. The van der Waals surface area contributed by atoms with E-state index in [4.69, 9.17) is 14.5 Å². The van der Waals surface area contributed by atoms with Gasteiger partial charge in [0.05, 0.1) is 13.2 Å². The van der Waals surface area contributed by atoms with E-state index in [0.29, 0.717) is 6.61 Å². The minimum Gasteiger partial charge on any atom is -0.450 e. The van der Waals surface area contributed by atoms with Crippen molar-refractivity contribution < 1.29 is 28.4 Å². The molecule has 110 valence electrons. The number of carbonyl (C=O) groups is 1. The summed E-state index contributed by atoms with van der Waals surface area (Å²) in [4.78, 5) is 28.2. The van der Waals surface area contributed by atoms with Gasteiger partial charge in [-0.15, -0.1) is 0 Å². The maximum absolute atomic E-state index is 11.2. The van der Waals surface area contributed by atoms with Crippen LogP contribution >= 0.6 is 7.82 Å². The van der Waals surface area contributed by atoms with Crippen molar-refractivity contribution >= 4 is 13.9 Å². The molecule has 0 aromatic heterocycles. The molecule has 18 heavy (non-hydrogen) atoms. The number of hydrogen-bond acceptors (Lipinski definition) is 5. The van der Waals surface area contributed by atoms with Crippen molar-refractivity contribution in [1.29, 1.82) is 0 Å². The number of alkyl carbamates (subject to hydrolysis) is 1. The molecule has 0 aliphatic rings. The van der Waals surface area contributed by atoms with Gasteiger partial charge < -0.3 is 26.0 Å². The predicted octanol–water partition coefficient (Wildman–Crippen LogP) is 1.56. The minimum atomic E-state index is -4.45. The second-order valence-corrected chi connectivity index (χ2v) is 5.46. The molecule has 0 saturated heterocycles. The maximum atomic E-state index is 11.2. The molecule has 1 amide bonds. The van der Waals surface area contributed by atoms with E-state index in [1.807, 2.05) is 6.92 Å². The van der Waals surface area contributed by atoms with Crippen LogP contribution in [0.5, 0.6) is 0 Å². The number of phosphoric ester groups is 1. The molecule has 0 saturated carbocycles. The van der Waals surface area contributed by atoms with E-state index >= 15 is 0 Å². The SMILES string of the molecule is CCCOC(=O)NC(C)(C)CCOP(=O)(O)O.N. The smallest absolute Gasteiger partial charge is 0.450 e. The fraction of sp³-hybridized carbons (Fsp3) is 0.889. The number of amides is 1. The molecule has 0 rings (SSSR count). The van der Waals surface area contributed by atoms with Gasteiger partial charge in [-0.25, -0.2) is 9.36 Å². The molecular formula is C9H23N2O6P. The van der Waals surface area contributed by atoms with E-state index in [-0.39, 0.29) is 19.2 Å². The molecule has 0 aromatic rings. The van der Waals surface area contributed by atoms with Gasteiger partial charge in [0.25, 0.3) is 0 Å². The van der Waals surface area contributed by atoms with Gasteiger partial charge in [-0.1, -0.05) is 6.92 Å². The highest BCUT2D eigenvalue weighted by Gasteiger charge is 2.23. The lowest BCUT2D eigenvalue weighted by molar-refractivity contribution is 0.129. The Morgan fingerprint density at radius 2 is 1.89 bits per heavy atom. The van der Waals surface area contributed by atoms with Crippen LogP contribution in [0.1, 0.15) is 33.6 Å². The number of nitrogens with one attached hydrogen (secondary N) is 1. The summed E-state index contributed by atoms with van der Waals surface area (Å²) in [5.74, 6) is 0. The summed E-state index contributed by atoms with van der Waals surface area (Å²) in [6.07, 6.45) is 0.446. The fourth-order valence-electron chi connectivity index (χ4n) is 0.989. The number of phosphoric acid groups is 1. The third-order valence-corrected chi connectivity index (χ3v) is 2.38. The third-order valence-electron chi connectivity index (χ3n) is 1.86. The molecule has 0 atom stereocenters. The molecule has 0 aliphatic heterocycles. The van der Waals surface area contributed by atoms with E-state index in [2.05, 4.69) is 9.84 Å². The van der Waals surface area contributed by atoms with Gasteiger partial charge in [-0.05, 0) is 26.7 Å². The molecule has 0 bridgehead atoms. The van der Waals surface area contributed by atoms with E-state index in [1.165, 1.54) is 0 Å². The van der Waals surface area contributed by atoms with Crippen LogP contribution in [0.15, 0.2) is 0 Å². The Morgan fingerprint density at radius 3 is 2.33 bits per heavy atom. The quantitative estimate of drug-likeness (QED) is 0.520. The third kappa shape index (κ3) is 11.8. The van der Waals surface area contributed by atoms with Crippen molar-refractivity contribution in [2.75, 3.05) is 13.2 Å². The van der Waals surface area contributed by atoms with Gasteiger partial charge in [0.15, 0.2) is 0 Å². The molecule has 0 unspecified atom stereocenters. The normalized spacial score (nSPS) is 11.6. The summed E-state index contributed by atoms with van der Waals surface area (Å²) in [5.41, 5.74) is -0.653. The van der Waals surface area contributed by atoms with Crippen LogP contribution in [-0.2, 0) is 13.8 Å². The molecule has 6 N–H and O–H groups in total. The zero-order chi connectivity index (χ0) is 13.5. The van der Waals surface area contributed by atoms with Gasteiger partial charge in [-0.2, -0.15) is 0 Å². The summed E-state index contributed by atoms with van der Waals surface area (Å²) in [6.45, 7) is 5.49. The Morgan fingerprint density at radius 1 is 1.33 bits per heavy atom. The highest BCUT2D eigenvalue weighted by Crippen LogP contribution is 2.36. The van der Waals surface area contributed by atoms with Gasteiger partial charge in [0.1, 0.15) is 0 Å². The summed E-state index contributed by atoms with van der Waals surface area (Å²) in [6, 6.07) is 0. The number of ether oxygens (including phenoxy) is 1. The number of carbonyl (C=O) groups excluding carboxylic acids is 1. The zero-order valence-electron chi connectivity index (χ0n) is 11.0. The van der Waals surface area contributed by atoms with Crippen LogP contribution in [-0.4, -0.2) is 34.6 Å². The van der Waals surface area contributed by atoms with E-state index in [0.717, 1.165) is 6.42 Å². The van der Waals surface area contributed by atoms with Crippen LogP contribution in [0.25, 0.3) is 0 Å². The van der Waals surface area contributed by atoms with Crippen LogP contribution < -0.4 is 11.5 Å². The van der Waals surface area contributed by atoms with Crippen LogP contribution in [0.2, 0.25) is 0 Å². The number of hydrogen-bond donors (Lipinski definition) is 4. The Balaban J connectivity index is 0. The Bertz CT molecular complexity index is 291. The van der Waals surface area contributed by atoms with Crippen LogP contribution in [0.3, 0.4) is 0 Å². The average Bonchev–Trinajstić information content (AvgIpc) is 2.11. The van der Waals surface area contributed by atoms with Crippen molar-refractivity contribution in [1.82, 2.24) is 11.5 Å².